The minimum atomic E-state index is -1.26. The van der Waals surface area contributed by atoms with E-state index in [0.29, 0.717) is 38.1 Å². The van der Waals surface area contributed by atoms with Crippen molar-refractivity contribution in [3.05, 3.63) is 66.2 Å². The molecule has 40 heavy (non-hydrogen) atoms. The predicted octanol–water partition coefficient (Wildman–Crippen LogP) is 3.50. The van der Waals surface area contributed by atoms with E-state index < -0.39 is 11.9 Å². The van der Waals surface area contributed by atoms with Gasteiger partial charge in [0.1, 0.15) is 12.5 Å². The summed E-state index contributed by atoms with van der Waals surface area (Å²) in [7, 11) is 3.39. The van der Waals surface area contributed by atoms with E-state index in [1.165, 1.54) is 5.56 Å². The number of ether oxygens (including phenoxy) is 3. The fraction of sp³-hybridized carbons (Fsp3) is 0.414. The van der Waals surface area contributed by atoms with Gasteiger partial charge in [0, 0.05) is 44.9 Å². The summed E-state index contributed by atoms with van der Waals surface area (Å²) < 4.78 is 18.3. The van der Waals surface area contributed by atoms with Gasteiger partial charge in [-0.15, -0.1) is 0 Å². The van der Waals surface area contributed by atoms with Gasteiger partial charge in [0.15, 0.2) is 0 Å². The molecule has 1 aromatic heterocycles. The number of methoxy groups -OCH3 is 2. The molecule has 0 amide bonds. The molecule has 0 bridgehead atoms. The molecule has 3 N–H and O–H groups in total. The van der Waals surface area contributed by atoms with Gasteiger partial charge >= 0.3 is 11.9 Å². The van der Waals surface area contributed by atoms with E-state index in [9.17, 15) is 9.59 Å². The molecule has 0 aliphatic carbocycles. The highest BCUT2D eigenvalue weighted by Crippen LogP contribution is 2.23. The fourth-order valence-electron chi connectivity index (χ4n) is 4.32. The second kappa shape index (κ2) is 16.2. The summed E-state index contributed by atoms with van der Waals surface area (Å²) in [4.78, 5) is 26.5. The number of anilines is 1. The standard InChI is InChI=1S/C25H34N4O3.C4H4O4/c1-30-17-18-32-19-29-24-6-4-3-5-23(24)27-25(29)26-21-12-15-28(16-13-21)14-11-20-7-9-22(31-2)10-8-20;5-3(6)1-2-4(7)8/h3-10,21H,11-19H2,1-2H3,(H,26,27);1-2H,(H,5,6)(H,7,8). The van der Waals surface area contributed by atoms with Crippen molar-refractivity contribution in [2.45, 2.75) is 32.0 Å². The van der Waals surface area contributed by atoms with Crippen molar-refractivity contribution in [1.82, 2.24) is 14.5 Å². The highest BCUT2D eigenvalue weighted by Gasteiger charge is 2.21. The number of benzene rings is 2. The van der Waals surface area contributed by atoms with Gasteiger partial charge in [-0.3, -0.25) is 4.57 Å². The van der Waals surface area contributed by atoms with Gasteiger partial charge in [-0.25, -0.2) is 14.6 Å². The summed E-state index contributed by atoms with van der Waals surface area (Å²) in [5.74, 6) is -0.712. The van der Waals surface area contributed by atoms with Crippen molar-refractivity contribution in [1.29, 1.82) is 0 Å². The van der Waals surface area contributed by atoms with Crippen LogP contribution in [0.25, 0.3) is 11.0 Å². The first-order chi connectivity index (χ1) is 19.4. The normalized spacial score (nSPS) is 14.2. The summed E-state index contributed by atoms with van der Waals surface area (Å²) in [5, 5.41) is 19.3. The van der Waals surface area contributed by atoms with Crippen LogP contribution in [0.2, 0.25) is 0 Å². The number of hydrogen-bond donors (Lipinski definition) is 3. The van der Waals surface area contributed by atoms with Crippen LogP contribution in [0.15, 0.2) is 60.7 Å². The van der Waals surface area contributed by atoms with Crippen LogP contribution in [0.4, 0.5) is 5.95 Å². The van der Waals surface area contributed by atoms with Gasteiger partial charge in [-0.2, -0.15) is 0 Å². The Labute approximate surface area is 234 Å². The Balaban J connectivity index is 0.000000482. The Morgan fingerprint density at radius 2 is 1.68 bits per heavy atom. The average molecular weight is 555 g/mol. The molecule has 0 atom stereocenters. The van der Waals surface area contributed by atoms with Gasteiger partial charge in [0.2, 0.25) is 5.95 Å². The van der Waals surface area contributed by atoms with Crippen LogP contribution in [-0.2, 0) is 32.2 Å². The topological polar surface area (TPSA) is 135 Å². The summed E-state index contributed by atoms with van der Waals surface area (Å²) in [6, 6.07) is 17.0. The zero-order chi connectivity index (χ0) is 28.7. The van der Waals surface area contributed by atoms with Gasteiger partial charge in [-0.05, 0) is 49.1 Å². The van der Waals surface area contributed by atoms with Crippen molar-refractivity contribution in [3.8, 4) is 5.75 Å². The Kier molecular flexibility index (Phi) is 12.4. The molecular formula is C29H38N4O7. The van der Waals surface area contributed by atoms with Crippen molar-refractivity contribution in [2.75, 3.05) is 52.4 Å². The van der Waals surface area contributed by atoms with E-state index in [0.717, 1.165) is 61.6 Å². The zero-order valence-corrected chi connectivity index (χ0v) is 23.0. The average Bonchev–Trinajstić information content (AvgIpc) is 3.31. The minimum absolute atomic E-state index is 0.418. The van der Waals surface area contributed by atoms with E-state index in [-0.39, 0.29) is 0 Å². The number of carboxylic acids is 2. The Morgan fingerprint density at radius 1 is 1.00 bits per heavy atom. The van der Waals surface area contributed by atoms with E-state index in [1.807, 2.05) is 30.3 Å². The second-order valence-electron chi connectivity index (χ2n) is 9.25. The molecule has 11 heteroatoms. The van der Waals surface area contributed by atoms with E-state index in [1.54, 1.807) is 14.2 Å². The number of nitrogens with zero attached hydrogens (tertiary/aromatic N) is 3. The van der Waals surface area contributed by atoms with Crippen molar-refractivity contribution < 1.29 is 34.0 Å². The van der Waals surface area contributed by atoms with Gasteiger partial charge in [0.25, 0.3) is 0 Å². The molecule has 3 aromatic rings. The first kappa shape index (κ1) is 30.6. The molecule has 2 aromatic carbocycles. The lowest BCUT2D eigenvalue weighted by molar-refractivity contribution is -0.134. The number of likely N-dealkylation sites (tertiary alicyclic amines) is 1. The molecule has 1 saturated heterocycles. The van der Waals surface area contributed by atoms with Crippen LogP contribution in [0.5, 0.6) is 5.75 Å². The summed E-state index contributed by atoms with van der Waals surface area (Å²) >= 11 is 0. The van der Waals surface area contributed by atoms with Crippen molar-refractivity contribution in [3.63, 3.8) is 0 Å². The number of rotatable bonds is 13. The molecule has 1 aliphatic heterocycles. The van der Waals surface area contributed by atoms with Crippen molar-refractivity contribution >= 4 is 28.9 Å². The molecule has 11 nitrogen and oxygen atoms in total. The van der Waals surface area contributed by atoms with Crippen LogP contribution < -0.4 is 10.1 Å². The number of para-hydroxylation sites is 2. The van der Waals surface area contributed by atoms with Crippen LogP contribution in [-0.4, -0.2) is 89.7 Å². The maximum atomic E-state index is 9.55. The lowest BCUT2D eigenvalue weighted by Gasteiger charge is -2.32. The third-order valence-electron chi connectivity index (χ3n) is 6.47. The predicted molar refractivity (Wildman–Crippen MR) is 152 cm³/mol. The monoisotopic (exact) mass is 554 g/mol. The lowest BCUT2D eigenvalue weighted by Crippen LogP contribution is -2.40. The summed E-state index contributed by atoms with van der Waals surface area (Å²) in [6.45, 7) is 4.90. The summed E-state index contributed by atoms with van der Waals surface area (Å²) in [6.07, 6.45) is 4.40. The molecule has 0 saturated carbocycles. The Morgan fingerprint density at radius 3 is 2.30 bits per heavy atom. The van der Waals surface area contributed by atoms with Crippen molar-refractivity contribution in [2.24, 2.45) is 0 Å². The number of imidazole rings is 1. The van der Waals surface area contributed by atoms with Crippen LogP contribution in [0, 0.1) is 0 Å². The molecule has 4 rings (SSSR count). The molecule has 1 fully saturated rings. The van der Waals surface area contributed by atoms with Crippen LogP contribution in [0.1, 0.15) is 18.4 Å². The SMILES string of the molecule is COCCOCn1c(NC2CCN(CCc3ccc(OC)cc3)CC2)nc2ccccc21.O=C(O)C=CC(=O)O. The largest absolute Gasteiger partial charge is 0.497 e. The number of aliphatic carboxylic acids is 2. The second-order valence-corrected chi connectivity index (χ2v) is 9.25. The number of piperidine rings is 1. The van der Waals surface area contributed by atoms with Crippen LogP contribution in [0.3, 0.4) is 0 Å². The smallest absolute Gasteiger partial charge is 0.328 e. The minimum Gasteiger partial charge on any atom is -0.497 e. The number of hydrogen-bond acceptors (Lipinski definition) is 8. The van der Waals surface area contributed by atoms with Crippen LogP contribution >= 0.6 is 0 Å². The number of nitrogens with one attached hydrogen (secondary N) is 1. The highest BCUT2D eigenvalue weighted by atomic mass is 16.5. The number of fused-ring (bicyclic) bond motifs is 1. The molecular weight excluding hydrogens is 516 g/mol. The lowest BCUT2D eigenvalue weighted by atomic mass is 10.0. The molecule has 2 heterocycles. The third kappa shape index (κ3) is 9.99. The Bertz CT molecular complexity index is 1220. The van der Waals surface area contributed by atoms with Gasteiger partial charge in [0.05, 0.1) is 31.4 Å². The molecule has 1 aliphatic rings. The Hall–Kier alpha value is -3.93. The van der Waals surface area contributed by atoms with E-state index in [2.05, 4.69) is 33.0 Å². The molecule has 0 unspecified atom stereocenters. The number of carbonyl (C=O) groups is 2. The van der Waals surface area contributed by atoms with Gasteiger partial charge < -0.3 is 34.6 Å². The molecule has 0 radical (unpaired) electrons. The quantitative estimate of drug-likeness (QED) is 0.213. The number of carboxylic acid groups (broad SMARTS) is 2. The molecule has 216 valence electrons. The van der Waals surface area contributed by atoms with E-state index >= 15 is 0 Å². The molecule has 0 spiro atoms. The third-order valence-corrected chi connectivity index (χ3v) is 6.47. The first-order valence-electron chi connectivity index (χ1n) is 13.2. The fourth-order valence-corrected chi connectivity index (χ4v) is 4.32. The maximum Gasteiger partial charge on any atom is 0.328 e. The summed E-state index contributed by atoms with van der Waals surface area (Å²) in [5.41, 5.74) is 3.43. The number of aromatic nitrogens is 2. The highest BCUT2D eigenvalue weighted by molar-refractivity contribution is 5.89. The van der Waals surface area contributed by atoms with Gasteiger partial charge in [-0.1, -0.05) is 24.3 Å². The maximum absolute atomic E-state index is 9.55. The zero-order valence-electron chi connectivity index (χ0n) is 23.0. The first-order valence-corrected chi connectivity index (χ1v) is 13.2. The van der Waals surface area contributed by atoms with E-state index in [4.69, 9.17) is 29.4 Å².